The van der Waals surface area contributed by atoms with Gasteiger partial charge in [0.25, 0.3) is 5.91 Å². The van der Waals surface area contributed by atoms with E-state index in [0.29, 0.717) is 16.4 Å². The fourth-order valence-electron chi connectivity index (χ4n) is 3.80. The SMILES string of the molecule is O=C(Cc1csc(NC(=O)c2ccccc2)n1)Nc1ccc(N2CCc3sccc3C2)cc1. The fourth-order valence-corrected chi connectivity index (χ4v) is 5.39. The third-order valence-electron chi connectivity index (χ3n) is 5.47. The summed E-state index contributed by atoms with van der Waals surface area (Å²) in [7, 11) is 0. The Balaban J connectivity index is 1.14. The molecular weight excluding hydrogens is 452 g/mol. The maximum atomic E-state index is 12.5. The average Bonchev–Trinajstić information content (AvgIpc) is 3.49. The van der Waals surface area contributed by atoms with Crippen LogP contribution in [0.5, 0.6) is 0 Å². The Labute approximate surface area is 199 Å². The summed E-state index contributed by atoms with van der Waals surface area (Å²) in [6, 6.07) is 19.1. The number of rotatable bonds is 6. The van der Waals surface area contributed by atoms with Crippen LogP contribution in [0.1, 0.15) is 26.5 Å². The Morgan fingerprint density at radius 3 is 2.61 bits per heavy atom. The maximum absolute atomic E-state index is 12.5. The Morgan fingerprint density at radius 1 is 0.970 bits per heavy atom. The topological polar surface area (TPSA) is 74.3 Å². The molecule has 1 aliphatic rings. The van der Waals surface area contributed by atoms with Crippen molar-refractivity contribution in [2.45, 2.75) is 19.4 Å². The number of aromatic nitrogens is 1. The molecule has 0 bridgehead atoms. The summed E-state index contributed by atoms with van der Waals surface area (Å²) in [5.41, 5.74) is 4.51. The summed E-state index contributed by atoms with van der Waals surface area (Å²) in [4.78, 5) is 32.9. The lowest BCUT2D eigenvalue weighted by atomic mass is 10.1. The summed E-state index contributed by atoms with van der Waals surface area (Å²) < 4.78 is 0. The van der Waals surface area contributed by atoms with Crippen molar-refractivity contribution < 1.29 is 9.59 Å². The number of thiophene rings is 1. The Morgan fingerprint density at radius 2 is 1.79 bits per heavy atom. The molecule has 5 rings (SSSR count). The van der Waals surface area contributed by atoms with E-state index in [1.807, 2.05) is 53.8 Å². The minimum atomic E-state index is -0.218. The van der Waals surface area contributed by atoms with E-state index in [-0.39, 0.29) is 18.2 Å². The lowest BCUT2D eigenvalue weighted by Gasteiger charge is -2.29. The van der Waals surface area contributed by atoms with Crippen LogP contribution < -0.4 is 15.5 Å². The van der Waals surface area contributed by atoms with Crippen molar-refractivity contribution in [1.29, 1.82) is 0 Å². The number of carbonyl (C=O) groups is 2. The molecule has 0 unspecified atom stereocenters. The van der Waals surface area contributed by atoms with Gasteiger partial charge in [-0.05, 0) is 59.8 Å². The third kappa shape index (κ3) is 5.13. The molecular formula is C25H22N4O2S2. The summed E-state index contributed by atoms with van der Waals surface area (Å²) >= 11 is 3.14. The highest BCUT2D eigenvalue weighted by Gasteiger charge is 2.17. The predicted molar refractivity (Wildman–Crippen MR) is 134 cm³/mol. The molecule has 0 fully saturated rings. The molecule has 4 aromatic rings. The second-order valence-electron chi connectivity index (χ2n) is 7.78. The summed E-state index contributed by atoms with van der Waals surface area (Å²) in [5.74, 6) is -0.361. The van der Waals surface area contributed by atoms with Gasteiger partial charge in [-0.15, -0.1) is 22.7 Å². The van der Waals surface area contributed by atoms with Gasteiger partial charge in [-0.3, -0.25) is 14.9 Å². The Kier molecular flexibility index (Phi) is 6.19. The van der Waals surface area contributed by atoms with Gasteiger partial charge in [0.15, 0.2) is 5.13 Å². The van der Waals surface area contributed by atoms with Crippen molar-refractivity contribution in [2.24, 2.45) is 0 Å². The number of hydrogen-bond acceptors (Lipinski definition) is 6. The molecule has 0 saturated heterocycles. The molecule has 2 N–H and O–H groups in total. The molecule has 6 nitrogen and oxygen atoms in total. The van der Waals surface area contributed by atoms with E-state index in [9.17, 15) is 9.59 Å². The number of benzene rings is 2. The van der Waals surface area contributed by atoms with Gasteiger partial charge in [0.1, 0.15) is 0 Å². The van der Waals surface area contributed by atoms with E-state index in [1.165, 1.54) is 21.8 Å². The van der Waals surface area contributed by atoms with Gasteiger partial charge in [-0.2, -0.15) is 0 Å². The van der Waals surface area contributed by atoms with Crippen LogP contribution in [0, 0.1) is 0 Å². The van der Waals surface area contributed by atoms with Crippen LogP contribution in [0.2, 0.25) is 0 Å². The van der Waals surface area contributed by atoms with Crippen LogP contribution in [-0.2, 0) is 24.2 Å². The molecule has 33 heavy (non-hydrogen) atoms. The van der Waals surface area contributed by atoms with Gasteiger partial charge >= 0.3 is 0 Å². The second-order valence-corrected chi connectivity index (χ2v) is 9.64. The Bertz CT molecular complexity index is 1270. The van der Waals surface area contributed by atoms with Crippen molar-refractivity contribution in [3.63, 3.8) is 0 Å². The maximum Gasteiger partial charge on any atom is 0.257 e. The van der Waals surface area contributed by atoms with Gasteiger partial charge in [0.2, 0.25) is 5.91 Å². The van der Waals surface area contributed by atoms with Crippen molar-refractivity contribution >= 4 is 51.0 Å². The van der Waals surface area contributed by atoms with Crippen molar-refractivity contribution in [3.05, 3.63) is 93.1 Å². The van der Waals surface area contributed by atoms with Crippen LogP contribution in [0.15, 0.2) is 71.4 Å². The monoisotopic (exact) mass is 474 g/mol. The van der Waals surface area contributed by atoms with Crippen LogP contribution in [0.4, 0.5) is 16.5 Å². The normalized spacial score (nSPS) is 12.8. The van der Waals surface area contributed by atoms with Crippen molar-refractivity contribution in [2.75, 3.05) is 22.1 Å². The smallest absolute Gasteiger partial charge is 0.257 e. The number of amides is 2. The summed E-state index contributed by atoms with van der Waals surface area (Å²) in [5, 5.41) is 10.1. The minimum absolute atomic E-state index is 0.144. The average molecular weight is 475 g/mol. The molecule has 1 aliphatic heterocycles. The van der Waals surface area contributed by atoms with E-state index in [1.54, 1.807) is 17.5 Å². The standard InChI is InChI=1S/C25H22N4O2S2/c30-23(14-20-16-33-25(27-20)28-24(31)17-4-2-1-3-5-17)26-19-6-8-21(9-7-19)29-12-10-22-18(15-29)11-13-32-22/h1-9,11,13,16H,10,12,14-15H2,(H,26,30)(H,27,28,31). The van der Waals surface area contributed by atoms with Gasteiger partial charge in [-0.1, -0.05) is 18.2 Å². The first-order chi connectivity index (χ1) is 16.1. The van der Waals surface area contributed by atoms with Crippen LogP contribution in [0.25, 0.3) is 0 Å². The van der Waals surface area contributed by atoms with Gasteiger partial charge in [-0.25, -0.2) is 4.98 Å². The van der Waals surface area contributed by atoms with Crippen LogP contribution in [0.3, 0.4) is 0 Å². The van der Waals surface area contributed by atoms with Gasteiger partial charge in [0, 0.05) is 40.3 Å². The largest absolute Gasteiger partial charge is 0.367 e. The highest BCUT2D eigenvalue weighted by atomic mass is 32.1. The summed E-state index contributed by atoms with van der Waals surface area (Å²) in [6.45, 7) is 1.93. The molecule has 2 aromatic heterocycles. The molecule has 0 aliphatic carbocycles. The predicted octanol–water partition coefficient (Wildman–Crippen LogP) is 5.20. The van der Waals surface area contributed by atoms with Crippen molar-refractivity contribution in [1.82, 2.24) is 4.98 Å². The summed E-state index contributed by atoms with van der Waals surface area (Å²) in [6.07, 6.45) is 1.22. The number of nitrogens with zero attached hydrogens (tertiary/aromatic N) is 2. The molecule has 0 saturated carbocycles. The number of thiazole rings is 1. The third-order valence-corrected chi connectivity index (χ3v) is 7.30. The van der Waals surface area contributed by atoms with Gasteiger partial charge in [0.05, 0.1) is 12.1 Å². The number of anilines is 3. The highest BCUT2D eigenvalue weighted by molar-refractivity contribution is 7.14. The Hall–Kier alpha value is -3.49. The second kappa shape index (κ2) is 9.56. The molecule has 2 amide bonds. The molecule has 0 atom stereocenters. The number of nitrogens with one attached hydrogen (secondary N) is 2. The van der Waals surface area contributed by atoms with E-state index in [4.69, 9.17) is 0 Å². The molecule has 2 aromatic carbocycles. The van der Waals surface area contributed by atoms with E-state index in [0.717, 1.165) is 30.9 Å². The zero-order valence-electron chi connectivity index (χ0n) is 17.8. The zero-order valence-corrected chi connectivity index (χ0v) is 19.4. The molecule has 0 spiro atoms. The minimum Gasteiger partial charge on any atom is -0.367 e. The number of hydrogen-bond donors (Lipinski definition) is 2. The lowest BCUT2D eigenvalue weighted by Crippen LogP contribution is -2.29. The fraction of sp³-hybridized carbons (Fsp3) is 0.160. The molecule has 166 valence electrons. The van der Waals surface area contributed by atoms with Crippen molar-refractivity contribution in [3.8, 4) is 0 Å². The lowest BCUT2D eigenvalue weighted by molar-refractivity contribution is -0.115. The van der Waals surface area contributed by atoms with E-state index in [2.05, 4.69) is 32.0 Å². The van der Waals surface area contributed by atoms with E-state index >= 15 is 0 Å². The van der Waals surface area contributed by atoms with Crippen LogP contribution in [-0.4, -0.2) is 23.3 Å². The quantitative estimate of drug-likeness (QED) is 0.403. The molecule has 0 radical (unpaired) electrons. The zero-order chi connectivity index (χ0) is 22.6. The van der Waals surface area contributed by atoms with Crippen LogP contribution >= 0.6 is 22.7 Å². The first-order valence-corrected chi connectivity index (χ1v) is 12.4. The number of carbonyl (C=O) groups excluding carboxylic acids is 2. The highest BCUT2D eigenvalue weighted by Crippen LogP contribution is 2.28. The van der Waals surface area contributed by atoms with Gasteiger partial charge < -0.3 is 10.2 Å². The van der Waals surface area contributed by atoms with E-state index < -0.39 is 0 Å². The first kappa shape index (κ1) is 21.4. The first-order valence-electron chi connectivity index (χ1n) is 10.6. The molecule has 3 heterocycles. The molecule has 8 heteroatoms. The number of fused-ring (bicyclic) bond motifs is 1.